The lowest BCUT2D eigenvalue weighted by Crippen LogP contribution is -2.58. The molecule has 8 N–H and O–H groups in total. The second-order valence-electron chi connectivity index (χ2n) is 12.9. The molecular formula is C33H52N6O7. The van der Waals surface area contributed by atoms with E-state index in [9.17, 15) is 29.1 Å². The van der Waals surface area contributed by atoms with Crippen molar-refractivity contribution in [2.24, 2.45) is 23.5 Å². The fourth-order valence-electron chi connectivity index (χ4n) is 6.30. The summed E-state index contributed by atoms with van der Waals surface area (Å²) in [6.45, 7) is 4.54. The summed E-state index contributed by atoms with van der Waals surface area (Å²) in [5.74, 6) is -1.04. The molecular weight excluding hydrogens is 592 g/mol. The summed E-state index contributed by atoms with van der Waals surface area (Å²) in [7, 11) is 0. The quantitative estimate of drug-likeness (QED) is 0.111. The Balaban J connectivity index is 1.55. The van der Waals surface area contributed by atoms with E-state index in [1.165, 1.54) is 6.42 Å². The van der Waals surface area contributed by atoms with Crippen molar-refractivity contribution in [1.82, 2.24) is 26.6 Å². The van der Waals surface area contributed by atoms with Crippen LogP contribution in [-0.2, 0) is 25.7 Å². The first-order chi connectivity index (χ1) is 22.1. The molecule has 0 saturated heterocycles. The summed E-state index contributed by atoms with van der Waals surface area (Å²) in [6, 6.07) is 5.63. The number of unbranched alkanes of at least 4 members (excludes halogenated alkanes) is 2. The number of benzene rings is 1. The van der Waals surface area contributed by atoms with E-state index >= 15 is 0 Å². The molecule has 6 atom stereocenters. The van der Waals surface area contributed by atoms with Crippen LogP contribution in [0.5, 0.6) is 0 Å². The highest BCUT2D eigenvalue weighted by Gasteiger charge is 2.41. The maximum atomic E-state index is 13.5. The van der Waals surface area contributed by atoms with Gasteiger partial charge >= 0.3 is 18.1 Å². The van der Waals surface area contributed by atoms with E-state index in [0.717, 1.165) is 24.8 Å². The maximum absolute atomic E-state index is 13.5. The number of amides is 5. The van der Waals surface area contributed by atoms with Crippen LogP contribution in [0.2, 0.25) is 0 Å². The first-order valence-electron chi connectivity index (χ1n) is 16.6. The van der Waals surface area contributed by atoms with E-state index in [4.69, 9.17) is 10.5 Å². The summed E-state index contributed by atoms with van der Waals surface area (Å²) in [5.41, 5.74) is 6.37. The molecule has 5 amide bonds. The van der Waals surface area contributed by atoms with Crippen molar-refractivity contribution >= 4 is 29.9 Å². The predicted octanol–water partition coefficient (Wildman–Crippen LogP) is 2.78. The zero-order valence-electron chi connectivity index (χ0n) is 27.1. The van der Waals surface area contributed by atoms with Gasteiger partial charge in [-0.3, -0.25) is 9.59 Å². The Kier molecular flexibility index (Phi) is 15.1. The number of alkyl carbamates (subject to hydrolysis) is 1. The summed E-state index contributed by atoms with van der Waals surface area (Å²) < 4.78 is 5.22. The molecule has 1 aromatic carbocycles. The van der Waals surface area contributed by atoms with Crippen LogP contribution in [0.3, 0.4) is 0 Å². The molecule has 2 saturated carbocycles. The average molecular weight is 645 g/mol. The molecule has 2 fully saturated rings. The van der Waals surface area contributed by atoms with E-state index in [-0.39, 0.29) is 43.9 Å². The Morgan fingerprint density at radius 2 is 1.59 bits per heavy atom. The summed E-state index contributed by atoms with van der Waals surface area (Å²) in [6.07, 6.45) is 6.31. The second-order valence-corrected chi connectivity index (χ2v) is 12.9. The number of aliphatic carboxylic acids is 1. The number of hydrogen-bond donors (Lipinski definition) is 7. The fraction of sp³-hybridized carbons (Fsp3) is 0.667. The molecule has 46 heavy (non-hydrogen) atoms. The highest BCUT2D eigenvalue weighted by Crippen LogP contribution is 2.44. The number of hydrogen-bond acceptors (Lipinski definition) is 7. The van der Waals surface area contributed by atoms with E-state index in [1.807, 2.05) is 44.2 Å². The zero-order valence-corrected chi connectivity index (χ0v) is 27.1. The molecule has 3 rings (SSSR count). The number of nitrogens with two attached hydrogens (primary N) is 1. The van der Waals surface area contributed by atoms with Crippen LogP contribution in [-0.4, -0.2) is 72.3 Å². The van der Waals surface area contributed by atoms with Gasteiger partial charge in [0, 0.05) is 12.6 Å². The molecule has 0 aliphatic heterocycles. The van der Waals surface area contributed by atoms with Crippen molar-refractivity contribution in [1.29, 1.82) is 0 Å². The number of carboxylic acids is 1. The normalized spacial score (nSPS) is 20.3. The minimum atomic E-state index is -1.18. The standard InChI is InChI=1S/C33H52N6O7/c1-21(2)28(30(41)36-27-19-23-14-15-24(27)18-23)39-29(40)25(37-32(44)38-26(31(42)43)13-6-8-16-34)12-7-9-17-35-33(45)46-20-22-10-4-3-5-11-22/h3-5,10-11,21,23-28H,6-9,12-20,34H2,1-2H3,(H,35,45)(H,36,41)(H,39,40)(H,42,43)(H2,37,38,44)/t23-,24+,25?,26+,27-,28+/m1/s1. The van der Waals surface area contributed by atoms with E-state index < -0.39 is 42.1 Å². The minimum Gasteiger partial charge on any atom is -0.480 e. The topological polar surface area (TPSA) is 201 Å². The van der Waals surface area contributed by atoms with E-state index in [2.05, 4.69) is 26.6 Å². The van der Waals surface area contributed by atoms with Crippen molar-refractivity contribution in [3.63, 3.8) is 0 Å². The van der Waals surface area contributed by atoms with E-state index in [0.29, 0.717) is 44.1 Å². The Morgan fingerprint density at radius 3 is 2.22 bits per heavy atom. The van der Waals surface area contributed by atoms with Gasteiger partial charge in [0.05, 0.1) is 0 Å². The fourth-order valence-corrected chi connectivity index (χ4v) is 6.30. The number of nitrogens with one attached hydrogen (secondary N) is 5. The van der Waals surface area contributed by atoms with Gasteiger partial charge in [0.1, 0.15) is 24.7 Å². The molecule has 0 spiro atoms. The largest absolute Gasteiger partial charge is 0.480 e. The monoisotopic (exact) mass is 644 g/mol. The molecule has 2 bridgehead atoms. The molecule has 2 aliphatic carbocycles. The van der Waals surface area contributed by atoms with Gasteiger partial charge in [-0.1, -0.05) is 50.6 Å². The smallest absolute Gasteiger partial charge is 0.407 e. The minimum absolute atomic E-state index is 0.114. The molecule has 256 valence electrons. The van der Waals surface area contributed by atoms with Crippen LogP contribution < -0.4 is 32.3 Å². The van der Waals surface area contributed by atoms with Gasteiger partial charge in [0.25, 0.3) is 0 Å². The van der Waals surface area contributed by atoms with Crippen LogP contribution in [0.25, 0.3) is 0 Å². The van der Waals surface area contributed by atoms with Gasteiger partial charge in [-0.05, 0) is 87.6 Å². The van der Waals surface area contributed by atoms with Crippen LogP contribution in [0.15, 0.2) is 30.3 Å². The van der Waals surface area contributed by atoms with Crippen molar-refractivity contribution in [2.45, 2.75) is 109 Å². The Hall–Kier alpha value is -3.87. The van der Waals surface area contributed by atoms with Crippen molar-refractivity contribution < 1.29 is 33.8 Å². The molecule has 1 unspecified atom stereocenters. The van der Waals surface area contributed by atoms with Crippen LogP contribution in [0.1, 0.15) is 83.6 Å². The molecule has 13 heteroatoms. The van der Waals surface area contributed by atoms with Gasteiger partial charge in [0.2, 0.25) is 11.8 Å². The summed E-state index contributed by atoms with van der Waals surface area (Å²) in [5, 5.41) is 23.3. The third kappa shape index (κ3) is 12.1. The lowest BCUT2D eigenvalue weighted by atomic mass is 9.94. The number of urea groups is 1. The summed E-state index contributed by atoms with van der Waals surface area (Å²) in [4.78, 5) is 63.5. The van der Waals surface area contributed by atoms with Crippen LogP contribution in [0.4, 0.5) is 9.59 Å². The first-order valence-corrected chi connectivity index (χ1v) is 16.6. The Morgan fingerprint density at radius 1 is 0.891 bits per heavy atom. The average Bonchev–Trinajstić information content (AvgIpc) is 3.65. The van der Waals surface area contributed by atoms with Gasteiger partial charge in [-0.25, -0.2) is 14.4 Å². The maximum Gasteiger partial charge on any atom is 0.407 e. The van der Waals surface area contributed by atoms with Crippen LogP contribution >= 0.6 is 0 Å². The van der Waals surface area contributed by atoms with Crippen molar-refractivity contribution in [3.05, 3.63) is 35.9 Å². The molecule has 0 aromatic heterocycles. The Bertz CT molecular complexity index is 1150. The SMILES string of the molecule is CC(C)[C@H](NC(=O)C(CCCCNC(=O)OCc1ccccc1)NC(=O)N[C@@H](CCCCN)C(=O)O)C(=O)N[C@@H]1C[C@@H]2CC[C@H]1C2. The summed E-state index contributed by atoms with van der Waals surface area (Å²) >= 11 is 0. The number of rotatable bonds is 19. The van der Waals surface area contributed by atoms with Crippen LogP contribution in [0, 0.1) is 17.8 Å². The number of fused-ring (bicyclic) bond motifs is 2. The first kappa shape index (κ1) is 36.6. The highest BCUT2D eigenvalue weighted by atomic mass is 16.5. The number of carbonyl (C=O) groups excluding carboxylic acids is 4. The van der Waals surface area contributed by atoms with Crippen molar-refractivity contribution in [3.8, 4) is 0 Å². The van der Waals surface area contributed by atoms with Gasteiger partial charge in [-0.2, -0.15) is 0 Å². The number of ether oxygens (including phenoxy) is 1. The molecule has 2 aliphatic rings. The third-order valence-corrected chi connectivity index (χ3v) is 8.89. The molecule has 1 aromatic rings. The number of carbonyl (C=O) groups is 5. The van der Waals surface area contributed by atoms with Crippen molar-refractivity contribution in [2.75, 3.05) is 13.1 Å². The zero-order chi connectivity index (χ0) is 33.5. The third-order valence-electron chi connectivity index (χ3n) is 8.89. The van der Waals surface area contributed by atoms with Gasteiger partial charge in [-0.15, -0.1) is 0 Å². The lowest BCUT2D eigenvalue weighted by molar-refractivity contribution is -0.139. The van der Waals surface area contributed by atoms with Gasteiger partial charge in [0.15, 0.2) is 0 Å². The van der Waals surface area contributed by atoms with E-state index in [1.54, 1.807) is 0 Å². The Labute approximate surface area is 271 Å². The highest BCUT2D eigenvalue weighted by molar-refractivity contribution is 5.92. The molecule has 0 radical (unpaired) electrons. The van der Waals surface area contributed by atoms with Gasteiger partial charge < -0.3 is 42.2 Å². The second kappa shape index (κ2) is 18.9. The molecule has 13 nitrogen and oxygen atoms in total. The molecule has 0 heterocycles. The predicted molar refractivity (Wildman–Crippen MR) is 172 cm³/mol. The number of carboxylic acid groups (broad SMARTS) is 1. The lowest BCUT2D eigenvalue weighted by Gasteiger charge is -2.29.